The van der Waals surface area contributed by atoms with Crippen LogP contribution in [0.3, 0.4) is 0 Å². The van der Waals surface area contributed by atoms with Crippen molar-refractivity contribution in [2.24, 2.45) is 0 Å². The van der Waals surface area contributed by atoms with Gasteiger partial charge in [0.15, 0.2) is 5.82 Å². The van der Waals surface area contributed by atoms with Gasteiger partial charge in [-0.3, -0.25) is 19.5 Å². The molecule has 0 unspecified atom stereocenters. The number of carbonyl (C=O) groups excluding carboxylic acids is 1. The number of hydrogen-bond acceptors (Lipinski definition) is 5. The van der Waals surface area contributed by atoms with Gasteiger partial charge < -0.3 is 5.32 Å². The van der Waals surface area contributed by atoms with Gasteiger partial charge in [-0.1, -0.05) is 18.2 Å². The minimum atomic E-state index is -0.357. The van der Waals surface area contributed by atoms with Crippen molar-refractivity contribution in [3.8, 4) is 5.82 Å². The highest BCUT2D eigenvalue weighted by Crippen LogP contribution is 2.10. The number of carbonyl (C=O) groups is 1. The third-order valence-corrected chi connectivity index (χ3v) is 4.97. The summed E-state index contributed by atoms with van der Waals surface area (Å²) in [4.78, 5) is 41.3. The van der Waals surface area contributed by atoms with Crippen LogP contribution in [0.1, 0.15) is 23.4 Å². The van der Waals surface area contributed by atoms with Crippen molar-refractivity contribution >= 4 is 16.7 Å². The maximum atomic E-state index is 12.5. The maximum Gasteiger partial charge on any atom is 0.273 e. The first-order valence-corrected chi connectivity index (χ1v) is 9.89. The number of aromatic nitrogens is 5. The molecule has 3 heterocycles. The standard InChI is InChI=1S/C22H22N6O3/c1-14-11-15(2)28(25-14)19-8-7-16(12-23-19)13-24-20(29)9-10-27-22(31)18-6-4-3-5-17(18)21(30)26-27/h3-8,11-12H,9-10,13H2,1-2H3,(H,24,29)(H,26,30). The molecule has 0 bridgehead atoms. The minimum Gasteiger partial charge on any atom is -0.352 e. The van der Waals surface area contributed by atoms with E-state index in [-0.39, 0.29) is 30.0 Å². The lowest BCUT2D eigenvalue weighted by molar-refractivity contribution is -0.121. The number of aryl methyl sites for hydroxylation is 3. The summed E-state index contributed by atoms with van der Waals surface area (Å²) in [6.07, 6.45) is 1.75. The Bertz CT molecular complexity index is 1360. The third-order valence-electron chi connectivity index (χ3n) is 4.97. The largest absolute Gasteiger partial charge is 0.352 e. The van der Waals surface area contributed by atoms with Crippen LogP contribution in [0.5, 0.6) is 0 Å². The molecule has 0 fully saturated rings. The Hall–Kier alpha value is -4.01. The SMILES string of the molecule is Cc1cc(C)n(-c2ccc(CNC(=O)CCn3[nH]c(=O)c4ccccc4c3=O)cn2)n1. The quantitative estimate of drug-likeness (QED) is 0.494. The molecule has 1 aromatic carbocycles. The molecule has 0 radical (unpaired) electrons. The molecule has 1 amide bonds. The molecule has 0 aliphatic rings. The van der Waals surface area contributed by atoms with E-state index in [1.165, 1.54) is 4.68 Å². The van der Waals surface area contributed by atoms with Gasteiger partial charge in [-0.05, 0) is 43.7 Å². The Morgan fingerprint density at radius 1 is 1.10 bits per heavy atom. The van der Waals surface area contributed by atoms with Crippen molar-refractivity contribution in [3.63, 3.8) is 0 Å². The molecule has 4 aromatic rings. The minimum absolute atomic E-state index is 0.0610. The summed E-state index contributed by atoms with van der Waals surface area (Å²) in [5.41, 5.74) is 2.07. The highest BCUT2D eigenvalue weighted by molar-refractivity contribution is 5.80. The average molecular weight is 418 g/mol. The van der Waals surface area contributed by atoms with Gasteiger partial charge >= 0.3 is 0 Å². The lowest BCUT2D eigenvalue weighted by atomic mass is 10.2. The van der Waals surface area contributed by atoms with E-state index in [9.17, 15) is 14.4 Å². The van der Waals surface area contributed by atoms with E-state index >= 15 is 0 Å². The zero-order valence-corrected chi connectivity index (χ0v) is 17.3. The van der Waals surface area contributed by atoms with Crippen LogP contribution in [0.2, 0.25) is 0 Å². The average Bonchev–Trinajstić information content (AvgIpc) is 3.12. The number of rotatable bonds is 6. The zero-order chi connectivity index (χ0) is 22.0. The molecule has 31 heavy (non-hydrogen) atoms. The number of nitrogens with zero attached hydrogens (tertiary/aromatic N) is 4. The summed E-state index contributed by atoms with van der Waals surface area (Å²) >= 11 is 0. The van der Waals surface area contributed by atoms with E-state index in [2.05, 4.69) is 20.5 Å². The molecule has 4 rings (SSSR count). The van der Waals surface area contributed by atoms with Crippen molar-refractivity contribution in [3.05, 3.63) is 86.3 Å². The van der Waals surface area contributed by atoms with Crippen LogP contribution in [0, 0.1) is 13.8 Å². The summed E-state index contributed by atoms with van der Waals surface area (Å²) < 4.78 is 2.94. The number of benzene rings is 1. The first-order valence-electron chi connectivity index (χ1n) is 9.89. The van der Waals surface area contributed by atoms with Crippen molar-refractivity contribution in [1.29, 1.82) is 0 Å². The van der Waals surface area contributed by atoms with Gasteiger partial charge in [-0.15, -0.1) is 0 Å². The molecule has 0 saturated carbocycles. The molecule has 0 aliphatic carbocycles. The van der Waals surface area contributed by atoms with Crippen LogP contribution in [0.4, 0.5) is 0 Å². The van der Waals surface area contributed by atoms with Gasteiger partial charge in [0, 0.05) is 24.9 Å². The normalized spacial score (nSPS) is 11.0. The predicted octanol–water partition coefficient (Wildman–Crippen LogP) is 1.59. The molecule has 3 aromatic heterocycles. The number of H-pyrrole nitrogens is 1. The van der Waals surface area contributed by atoms with Crippen molar-refractivity contribution < 1.29 is 4.79 Å². The molecule has 0 aliphatic heterocycles. The third kappa shape index (κ3) is 4.30. The molecular formula is C22H22N6O3. The second-order valence-electron chi connectivity index (χ2n) is 7.33. The van der Waals surface area contributed by atoms with Crippen LogP contribution in [0.15, 0.2) is 58.3 Å². The summed E-state index contributed by atoms with van der Waals surface area (Å²) in [5.74, 6) is 0.476. The van der Waals surface area contributed by atoms with Gasteiger partial charge in [0.25, 0.3) is 11.1 Å². The highest BCUT2D eigenvalue weighted by Gasteiger charge is 2.09. The second kappa shape index (κ2) is 8.39. The first-order chi connectivity index (χ1) is 14.9. The highest BCUT2D eigenvalue weighted by atomic mass is 16.2. The van der Waals surface area contributed by atoms with Gasteiger partial charge in [0.2, 0.25) is 5.91 Å². The van der Waals surface area contributed by atoms with Crippen molar-refractivity contribution in [2.45, 2.75) is 33.4 Å². The summed E-state index contributed by atoms with van der Waals surface area (Å²) in [6.45, 7) is 4.28. The van der Waals surface area contributed by atoms with E-state index in [4.69, 9.17) is 0 Å². The monoisotopic (exact) mass is 418 g/mol. The van der Waals surface area contributed by atoms with Gasteiger partial charge in [-0.25, -0.2) is 14.3 Å². The topological polar surface area (TPSA) is 115 Å². The smallest absolute Gasteiger partial charge is 0.273 e. The molecule has 9 heteroatoms. The van der Waals surface area contributed by atoms with Crippen molar-refractivity contribution in [1.82, 2.24) is 29.9 Å². The van der Waals surface area contributed by atoms with Crippen LogP contribution >= 0.6 is 0 Å². The number of hydrogen-bond donors (Lipinski definition) is 2. The van der Waals surface area contributed by atoms with E-state index in [0.717, 1.165) is 17.0 Å². The molecule has 158 valence electrons. The van der Waals surface area contributed by atoms with E-state index in [0.29, 0.717) is 23.1 Å². The number of nitrogens with one attached hydrogen (secondary N) is 2. The van der Waals surface area contributed by atoms with Crippen LogP contribution in [-0.2, 0) is 17.9 Å². The second-order valence-corrected chi connectivity index (χ2v) is 7.33. The molecule has 0 spiro atoms. The van der Waals surface area contributed by atoms with E-state index in [1.54, 1.807) is 35.1 Å². The lowest BCUT2D eigenvalue weighted by Gasteiger charge is -2.09. The fourth-order valence-electron chi connectivity index (χ4n) is 3.41. The molecule has 0 atom stereocenters. The Kier molecular flexibility index (Phi) is 5.48. The Balaban J connectivity index is 1.36. The molecule has 9 nitrogen and oxygen atoms in total. The van der Waals surface area contributed by atoms with E-state index < -0.39 is 0 Å². The predicted molar refractivity (Wildman–Crippen MR) is 116 cm³/mol. The molecule has 2 N–H and O–H groups in total. The van der Waals surface area contributed by atoms with Crippen molar-refractivity contribution in [2.75, 3.05) is 0 Å². The fourth-order valence-corrected chi connectivity index (χ4v) is 3.41. The number of pyridine rings is 1. The molecule has 0 saturated heterocycles. The Labute approximate surface area is 177 Å². The Morgan fingerprint density at radius 2 is 1.87 bits per heavy atom. The molecular weight excluding hydrogens is 396 g/mol. The number of fused-ring (bicyclic) bond motifs is 1. The summed E-state index contributed by atoms with van der Waals surface area (Å²) in [6, 6.07) is 12.3. The number of amides is 1. The fraction of sp³-hybridized carbons (Fsp3) is 0.227. The van der Waals surface area contributed by atoms with Gasteiger partial charge in [0.05, 0.1) is 23.0 Å². The summed E-state index contributed by atoms with van der Waals surface area (Å²) in [5, 5.41) is 10.4. The van der Waals surface area contributed by atoms with Gasteiger partial charge in [-0.2, -0.15) is 5.10 Å². The van der Waals surface area contributed by atoms with Crippen LogP contribution in [0.25, 0.3) is 16.6 Å². The van der Waals surface area contributed by atoms with Crippen LogP contribution in [-0.4, -0.2) is 30.5 Å². The van der Waals surface area contributed by atoms with Gasteiger partial charge in [0.1, 0.15) is 0 Å². The lowest BCUT2D eigenvalue weighted by Crippen LogP contribution is -2.32. The maximum absolute atomic E-state index is 12.5. The first kappa shape index (κ1) is 20.3. The number of aromatic amines is 1. The zero-order valence-electron chi connectivity index (χ0n) is 17.3. The Morgan fingerprint density at radius 3 is 2.55 bits per heavy atom. The summed E-state index contributed by atoms with van der Waals surface area (Å²) in [7, 11) is 0. The van der Waals surface area contributed by atoms with Crippen LogP contribution < -0.4 is 16.4 Å². The van der Waals surface area contributed by atoms with E-state index in [1.807, 2.05) is 32.0 Å².